The first kappa shape index (κ1) is 38.5. The molecule has 13 aromatic rings. The molecule has 2 aromatic heterocycles. The second-order valence-corrected chi connectivity index (χ2v) is 17.2. The average molecular weight is 855 g/mol. The van der Waals surface area contributed by atoms with Crippen molar-refractivity contribution in [2.24, 2.45) is 0 Å². The normalized spacial score (nSPS) is 11.6. The Bertz CT molecular complexity index is 3920. The molecule has 0 bridgehead atoms. The van der Waals surface area contributed by atoms with E-state index in [0.717, 1.165) is 72.5 Å². The van der Waals surface area contributed by atoms with Crippen molar-refractivity contribution < 1.29 is 4.42 Å². The van der Waals surface area contributed by atoms with E-state index in [2.05, 4.69) is 264 Å². The summed E-state index contributed by atoms with van der Waals surface area (Å²) in [5, 5.41) is 6.96. The molecule has 0 radical (unpaired) electrons. The molecule has 13 rings (SSSR count). The van der Waals surface area contributed by atoms with Gasteiger partial charge >= 0.3 is 0 Å². The van der Waals surface area contributed by atoms with E-state index in [1.807, 2.05) is 0 Å². The van der Waals surface area contributed by atoms with Crippen LogP contribution >= 0.6 is 0 Å². The van der Waals surface area contributed by atoms with Crippen LogP contribution in [-0.2, 0) is 0 Å². The van der Waals surface area contributed by atoms with Crippen molar-refractivity contribution in [1.82, 2.24) is 4.57 Å². The van der Waals surface area contributed by atoms with Crippen LogP contribution in [0.3, 0.4) is 0 Å². The van der Waals surface area contributed by atoms with E-state index in [1.165, 1.54) is 49.3 Å². The minimum atomic E-state index is 0.838. The third-order valence-electron chi connectivity index (χ3n) is 13.4. The molecule has 314 valence electrons. The van der Waals surface area contributed by atoms with Crippen LogP contribution < -0.4 is 4.90 Å². The summed E-state index contributed by atoms with van der Waals surface area (Å²) in [5.74, 6) is 0. The van der Waals surface area contributed by atoms with Crippen LogP contribution in [0.15, 0.2) is 259 Å². The summed E-state index contributed by atoms with van der Waals surface area (Å²) >= 11 is 0. The van der Waals surface area contributed by atoms with E-state index in [0.29, 0.717) is 0 Å². The van der Waals surface area contributed by atoms with Gasteiger partial charge in [-0.3, -0.25) is 0 Å². The highest BCUT2D eigenvalue weighted by Crippen LogP contribution is 2.50. The fraction of sp³-hybridized carbons (Fsp3) is 0. The number of hydrogen-bond donors (Lipinski definition) is 0. The molecule has 0 unspecified atom stereocenters. The highest BCUT2D eigenvalue weighted by atomic mass is 16.3. The Labute approximate surface area is 388 Å². The fourth-order valence-corrected chi connectivity index (χ4v) is 10.3. The van der Waals surface area contributed by atoms with Crippen LogP contribution in [0.2, 0.25) is 0 Å². The zero-order chi connectivity index (χ0) is 44.3. The monoisotopic (exact) mass is 854 g/mol. The van der Waals surface area contributed by atoms with Crippen LogP contribution in [0.5, 0.6) is 0 Å². The van der Waals surface area contributed by atoms with E-state index in [4.69, 9.17) is 4.42 Å². The first-order valence-corrected chi connectivity index (χ1v) is 22.9. The molecule has 0 aliphatic carbocycles. The lowest BCUT2D eigenvalue weighted by molar-refractivity contribution is 0.670. The summed E-state index contributed by atoms with van der Waals surface area (Å²) in [6.45, 7) is 0. The summed E-state index contributed by atoms with van der Waals surface area (Å²) in [7, 11) is 0. The maximum atomic E-state index is 7.14. The molecule has 0 spiro atoms. The van der Waals surface area contributed by atoms with Crippen molar-refractivity contribution in [3.63, 3.8) is 0 Å². The first-order valence-electron chi connectivity index (χ1n) is 22.9. The summed E-state index contributed by atoms with van der Waals surface area (Å²) in [6, 6.07) is 91.9. The molecule has 11 aromatic carbocycles. The zero-order valence-electron chi connectivity index (χ0n) is 36.6. The number of nitrogens with zero attached hydrogens (tertiary/aromatic N) is 2. The highest BCUT2D eigenvalue weighted by Gasteiger charge is 2.26. The fourth-order valence-electron chi connectivity index (χ4n) is 10.3. The molecule has 0 atom stereocenters. The number of furan rings is 1. The van der Waals surface area contributed by atoms with Crippen molar-refractivity contribution in [2.75, 3.05) is 4.90 Å². The first-order chi connectivity index (χ1) is 33.3. The number of benzene rings is 11. The van der Waals surface area contributed by atoms with Crippen molar-refractivity contribution in [1.29, 1.82) is 0 Å². The second-order valence-electron chi connectivity index (χ2n) is 17.2. The van der Waals surface area contributed by atoms with Gasteiger partial charge in [0.1, 0.15) is 11.2 Å². The Hall–Kier alpha value is -8.92. The number of hydrogen-bond acceptors (Lipinski definition) is 2. The molecule has 0 amide bonds. The topological polar surface area (TPSA) is 21.3 Å². The quantitative estimate of drug-likeness (QED) is 0.152. The van der Waals surface area contributed by atoms with Gasteiger partial charge in [-0.2, -0.15) is 0 Å². The van der Waals surface area contributed by atoms with Gasteiger partial charge < -0.3 is 13.9 Å². The largest absolute Gasteiger partial charge is 0.455 e. The Kier molecular flexibility index (Phi) is 9.17. The lowest BCUT2D eigenvalue weighted by Gasteiger charge is -2.30. The molecule has 0 aliphatic heterocycles. The van der Waals surface area contributed by atoms with Gasteiger partial charge in [-0.1, -0.05) is 194 Å². The van der Waals surface area contributed by atoms with Gasteiger partial charge in [-0.25, -0.2) is 0 Å². The summed E-state index contributed by atoms with van der Waals surface area (Å²) in [4.78, 5) is 2.45. The lowest BCUT2D eigenvalue weighted by atomic mass is 9.92. The van der Waals surface area contributed by atoms with Gasteiger partial charge in [-0.15, -0.1) is 0 Å². The van der Waals surface area contributed by atoms with E-state index < -0.39 is 0 Å². The van der Waals surface area contributed by atoms with Crippen LogP contribution in [-0.4, -0.2) is 4.57 Å². The number of para-hydroxylation sites is 4. The number of rotatable bonds is 8. The minimum Gasteiger partial charge on any atom is -0.455 e. The lowest BCUT2D eigenvalue weighted by Crippen LogP contribution is -2.12. The van der Waals surface area contributed by atoms with Crippen LogP contribution in [0.1, 0.15) is 0 Å². The smallest absolute Gasteiger partial charge is 0.145 e. The predicted molar refractivity (Wildman–Crippen MR) is 282 cm³/mol. The van der Waals surface area contributed by atoms with E-state index in [-0.39, 0.29) is 0 Å². The van der Waals surface area contributed by atoms with Crippen molar-refractivity contribution in [2.45, 2.75) is 0 Å². The molecule has 0 aliphatic rings. The molecular weight excluding hydrogens is 813 g/mol. The number of aromatic nitrogens is 1. The maximum absolute atomic E-state index is 7.14. The van der Waals surface area contributed by atoms with Crippen molar-refractivity contribution in [3.05, 3.63) is 255 Å². The molecule has 0 saturated heterocycles. The maximum Gasteiger partial charge on any atom is 0.145 e. The molecule has 2 heterocycles. The van der Waals surface area contributed by atoms with Crippen molar-refractivity contribution in [3.8, 4) is 50.2 Å². The van der Waals surface area contributed by atoms with Crippen LogP contribution in [0.4, 0.5) is 17.1 Å². The average Bonchev–Trinajstić information content (AvgIpc) is 3.96. The Balaban J connectivity index is 1.10. The Morgan fingerprint density at radius 2 is 0.866 bits per heavy atom. The molecule has 0 saturated carbocycles. The standard InChI is InChI=1S/C64H42N2O/c1-3-18-43(19-4-1)45-34-37-48(38-35-45)65(60-40-36-47(44-20-5-2-6-21-44)42-56(60)50-29-17-23-46-22-7-8-24-49(46)50)61-41-39-54(64-63(61)55-28-12-16-33-62(55)67-64)53-27-11-15-32-59(53)66-57-30-13-9-25-51(57)52-26-10-14-31-58(52)66/h1-42H. The van der Waals surface area contributed by atoms with E-state index >= 15 is 0 Å². The molecule has 0 fully saturated rings. The SMILES string of the molecule is c1ccc(-c2ccc(N(c3ccc(-c4ccccc4)cc3-c3cccc4ccccc34)c3ccc(-c4ccccc4-n4c5ccccc5c5ccccc54)c4oc5ccccc5c34)cc2)cc1. The van der Waals surface area contributed by atoms with Crippen LogP contribution in [0.25, 0.3) is 105 Å². The predicted octanol–water partition coefficient (Wildman–Crippen LogP) is 18.0. The van der Waals surface area contributed by atoms with Gasteiger partial charge in [0.05, 0.1) is 33.5 Å². The molecule has 67 heavy (non-hydrogen) atoms. The van der Waals surface area contributed by atoms with Gasteiger partial charge in [0.15, 0.2) is 0 Å². The molecular formula is C64H42N2O. The van der Waals surface area contributed by atoms with Gasteiger partial charge in [-0.05, 0) is 99.3 Å². The zero-order valence-corrected chi connectivity index (χ0v) is 36.6. The summed E-state index contributed by atoms with van der Waals surface area (Å²) in [6.07, 6.45) is 0. The summed E-state index contributed by atoms with van der Waals surface area (Å²) in [5.41, 5.74) is 17.3. The van der Waals surface area contributed by atoms with Gasteiger partial charge in [0, 0.05) is 38.5 Å². The van der Waals surface area contributed by atoms with Crippen molar-refractivity contribution >= 4 is 71.6 Å². The molecule has 3 heteroatoms. The Morgan fingerprint density at radius 1 is 0.328 bits per heavy atom. The molecule has 3 nitrogen and oxygen atoms in total. The van der Waals surface area contributed by atoms with Gasteiger partial charge in [0.2, 0.25) is 0 Å². The summed E-state index contributed by atoms with van der Waals surface area (Å²) < 4.78 is 9.55. The second kappa shape index (κ2) is 16.0. The number of fused-ring (bicyclic) bond motifs is 7. The van der Waals surface area contributed by atoms with E-state index in [9.17, 15) is 0 Å². The Morgan fingerprint density at radius 3 is 1.61 bits per heavy atom. The third-order valence-corrected chi connectivity index (χ3v) is 13.4. The van der Waals surface area contributed by atoms with Gasteiger partial charge in [0.25, 0.3) is 0 Å². The van der Waals surface area contributed by atoms with Crippen LogP contribution in [0, 0.1) is 0 Å². The number of anilines is 3. The molecule has 0 N–H and O–H groups in total. The highest BCUT2D eigenvalue weighted by molar-refractivity contribution is 6.18. The van der Waals surface area contributed by atoms with E-state index in [1.54, 1.807) is 0 Å². The third kappa shape index (κ3) is 6.43. The minimum absolute atomic E-state index is 0.838.